The molecule has 0 aliphatic carbocycles. The van der Waals surface area contributed by atoms with Gasteiger partial charge in [-0.3, -0.25) is 4.79 Å². The maximum atomic E-state index is 14.2. The lowest BCUT2D eigenvalue weighted by atomic mass is 10.1. The minimum atomic E-state index is -4.24. The number of benzene rings is 2. The Bertz CT molecular complexity index is 1320. The summed E-state index contributed by atoms with van der Waals surface area (Å²) in [5, 5.41) is 2.57. The Kier molecular flexibility index (Phi) is 7.50. The van der Waals surface area contributed by atoms with Crippen LogP contribution in [0.5, 0.6) is 5.75 Å². The fraction of sp³-hybridized carbons (Fsp3) is 0.261. The molecule has 8 nitrogen and oxygen atoms in total. The molecule has 0 bridgehead atoms. The van der Waals surface area contributed by atoms with E-state index >= 15 is 0 Å². The van der Waals surface area contributed by atoms with E-state index in [1.807, 2.05) is 0 Å². The van der Waals surface area contributed by atoms with Crippen LogP contribution in [0, 0.1) is 5.82 Å². The first kappa shape index (κ1) is 25.5. The standard InChI is InChI=1S/C23H20F4N4O4S/c24-15-3-7-19(8-4-15)36(33,34)31-12-16(25)9-21(31)22(32)28-11-17-10-20(30-13-29-17)14-1-5-18(6-2-14)35-23(26)27/h1-8,10,13,16,21,23H,9,11-12H2,(H,28,32)/t16-,21?/m1/s1. The number of rotatable bonds is 8. The number of halogens is 4. The Hall–Kier alpha value is -3.58. The molecular formula is C23H20F4N4O4S. The fourth-order valence-corrected chi connectivity index (χ4v) is 5.38. The summed E-state index contributed by atoms with van der Waals surface area (Å²) in [6.07, 6.45) is -0.619. The highest BCUT2D eigenvalue weighted by atomic mass is 32.2. The van der Waals surface area contributed by atoms with Gasteiger partial charge in [-0.05, 0) is 54.6 Å². The van der Waals surface area contributed by atoms with Crippen molar-refractivity contribution >= 4 is 15.9 Å². The normalized spacial score (nSPS) is 18.4. The average Bonchev–Trinajstić information content (AvgIpc) is 3.26. The Morgan fingerprint density at radius 1 is 1.11 bits per heavy atom. The zero-order valence-electron chi connectivity index (χ0n) is 18.5. The van der Waals surface area contributed by atoms with Crippen LogP contribution in [0.4, 0.5) is 17.6 Å². The topological polar surface area (TPSA) is 101 Å². The summed E-state index contributed by atoms with van der Waals surface area (Å²) in [6, 6.07) is 10.1. The van der Waals surface area contributed by atoms with Crippen molar-refractivity contribution in [2.75, 3.05) is 6.54 Å². The Balaban J connectivity index is 1.45. The summed E-state index contributed by atoms with van der Waals surface area (Å²) in [6.45, 7) is -3.54. The van der Waals surface area contributed by atoms with Gasteiger partial charge in [0.2, 0.25) is 15.9 Å². The Morgan fingerprint density at radius 2 is 1.81 bits per heavy atom. The lowest BCUT2D eigenvalue weighted by molar-refractivity contribution is -0.124. The number of hydrogen-bond donors (Lipinski definition) is 1. The molecule has 4 rings (SSSR count). The molecule has 1 unspecified atom stereocenters. The highest BCUT2D eigenvalue weighted by Gasteiger charge is 2.44. The first-order chi connectivity index (χ1) is 17.1. The monoisotopic (exact) mass is 524 g/mol. The van der Waals surface area contributed by atoms with Crippen molar-refractivity contribution in [3.8, 4) is 17.0 Å². The molecule has 1 amide bonds. The van der Waals surface area contributed by atoms with Gasteiger partial charge in [0.05, 0.1) is 22.8 Å². The van der Waals surface area contributed by atoms with Gasteiger partial charge >= 0.3 is 6.61 Å². The number of sulfonamides is 1. The zero-order chi connectivity index (χ0) is 25.9. The maximum absolute atomic E-state index is 14.2. The van der Waals surface area contributed by atoms with Crippen molar-refractivity contribution in [3.63, 3.8) is 0 Å². The van der Waals surface area contributed by atoms with E-state index < -0.39 is 47.1 Å². The van der Waals surface area contributed by atoms with Crippen LogP contribution < -0.4 is 10.1 Å². The van der Waals surface area contributed by atoms with E-state index in [9.17, 15) is 30.8 Å². The SMILES string of the molecule is O=C(NCc1cc(-c2ccc(OC(F)F)cc2)ncn1)C1C[C@@H](F)CN1S(=O)(=O)c1ccc(F)cc1. The van der Waals surface area contributed by atoms with E-state index in [0.717, 1.165) is 28.6 Å². The van der Waals surface area contributed by atoms with E-state index in [0.29, 0.717) is 17.0 Å². The van der Waals surface area contributed by atoms with Crippen LogP contribution in [0.15, 0.2) is 65.8 Å². The summed E-state index contributed by atoms with van der Waals surface area (Å²) in [7, 11) is -4.24. The van der Waals surface area contributed by atoms with Crippen molar-refractivity contribution in [2.24, 2.45) is 0 Å². The molecule has 0 saturated carbocycles. The number of carbonyl (C=O) groups excluding carboxylic acids is 1. The number of nitrogens with zero attached hydrogens (tertiary/aromatic N) is 3. The zero-order valence-corrected chi connectivity index (χ0v) is 19.3. The second kappa shape index (κ2) is 10.6. The van der Waals surface area contributed by atoms with E-state index in [-0.39, 0.29) is 23.6 Å². The molecule has 1 fully saturated rings. The quantitative estimate of drug-likeness (QED) is 0.454. The molecular weight excluding hydrogens is 504 g/mol. The third kappa shape index (κ3) is 5.79. The van der Waals surface area contributed by atoms with Crippen LogP contribution in [-0.4, -0.2) is 54.0 Å². The molecule has 1 aliphatic heterocycles. The number of carbonyl (C=O) groups is 1. The smallest absolute Gasteiger partial charge is 0.387 e. The van der Waals surface area contributed by atoms with Crippen LogP contribution in [0.2, 0.25) is 0 Å². The molecule has 1 N–H and O–H groups in total. The van der Waals surface area contributed by atoms with Crippen molar-refractivity contribution < 1.29 is 35.5 Å². The van der Waals surface area contributed by atoms with Gasteiger partial charge in [0, 0.05) is 18.5 Å². The second-order valence-corrected chi connectivity index (χ2v) is 9.78. The molecule has 2 aromatic carbocycles. The van der Waals surface area contributed by atoms with E-state index in [4.69, 9.17) is 0 Å². The van der Waals surface area contributed by atoms with Gasteiger partial charge in [0.1, 0.15) is 30.1 Å². The maximum Gasteiger partial charge on any atom is 0.387 e. The number of amides is 1. The Labute approximate surface area is 204 Å². The van der Waals surface area contributed by atoms with E-state index in [2.05, 4.69) is 20.0 Å². The van der Waals surface area contributed by atoms with Crippen LogP contribution in [0.3, 0.4) is 0 Å². The van der Waals surface area contributed by atoms with Gasteiger partial charge in [-0.15, -0.1) is 0 Å². The van der Waals surface area contributed by atoms with Crippen molar-refractivity contribution in [3.05, 3.63) is 72.4 Å². The van der Waals surface area contributed by atoms with E-state index in [1.54, 1.807) is 6.07 Å². The van der Waals surface area contributed by atoms with Crippen LogP contribution in [0.25, 0.3) is 11.3 Å². The van der Waals surface area contributed by atoms with Gasteiger partial charge in [0.15, 0.2) is 0 Å². The van der Waals surface area contributed by atoms with Crippen LogP contribution in [-0.2, 0) is 21.4 Å². The first-order valence-corrected chi connectivity index (χ1v) is 12.1. The van der Waals surface area contributed by atoms with Crippen molar-refractivity contribution in [1.29, 1.82) is 0 Å². The summed E-state index contributed by atoms with van der Waals surface area (Å²) in [5.74, 6) is -1.36. The Morgan fingerprint density at radius 3 is 2.47 bits per heavy atom. The molecule has 3 aromatic rings. The molecule has 13 heteroatoms. The second-order valence-electron chi connectivity index (χ2n) is 7.89. The first-order valence-electron chi connectivity index (χ1n) is 10.7. The van der Waals surface area contributed by atoms with Gasteiger partial charge in [-0.25, -0.2) is 27.2 Å². The lowest BCUT2D eigenvalue weighted by Gasteiger charge is -2.23. The summed E-state index contributed by atoms with van der Waals surface area (Å²) < 4.78 is 83.0. The van der Waals surface area contributed by atoms with Crippen molar-refractivity contribution in [2.45, 2.75) is 36.7 Å². The van der Waals surface area contributed by atoms with E-state index in [1.165, 1.54) is 30.6 Å². The number of ether oxygens (including phenoxy) is 1. The molecule has 2 atom stereocenters. The van der Waals surface area contributed by atoms with Crippen LogP contribution in [0.1, 0.15) is 12.1 Å². The van der Waals surface area contributed by atoms with Gasteiger partial charge < -0.3 is 10.1 Å². The molecule has 2 heterocycles. The molecule has 0 spiro atoms. The summed E-state index contributed by atoms with van der Waals surface area (Å²) in [5.41, 5.74) is 1.41. The highest BCUT2D eigenvalue weighted by Crippen LogP contribution is 2.28. The average molecular weight is 524 g/mol. The largest absolute Gasteiger partial charge is 0.435 e. The lowest BCUT2D eigenvalue weighted by Crippen LogP contribution is -2.45. The fourth-order valence-electron chi connectivity index (χ4n) is 3.76. The highest BCUT2D eigenvalue weighted by molar-refractivity contribution is 7.89. The molecule has 1 aliphatic rings. The number of nitrogens with one attached hydrogen (secondary N) is 1. The minimum Gasteiger partial charge on any atom is -0.435 e. The van der Waals surface area contributed by atoms with Crippen LogP contribution >= 0.6 is 0 Å². The predicted octanol–water partition coefficient (Wildman–Crippen LogP) is 3.30. The molecule has 1 saturated heterocycles. The molecule has 190 valence electrons. The van der Waals surface area contributed by atoms with Gasteiger partial charge in [-0.2, -0.15) is 13.1 Å². The minimum absolute atomic E-state index is 0.0156. The number of hydrogen-bond acceptors (Lipinski definition) is 6. The van der Waals surface area contributed by atoms with Gasteiger partial charge in [0.25, 0.3) is 0 Å². The van der Waals surface area contributed by atoms with Crippen molar-refractivity contribution in [1.82, 2.24) is 19.6 Å². The molecule has 0 radical (unpaired) electrons. The van der Waals surface area contributed by atoms with Gasteiger partial charge in [-0.1, -0.05) is 0 Å². The number of alkyl halides is 3. The number of aromatic nitrogens is 2. The third-order valence-electron chi connectivity index (χ3n) is 5.47. The predicted molar refractivity (Wildman–Crippen MR) is 120 cm³/mol. The third-order valence-corrected chi connectivity index (χ3v) is 7.36. The summed E-state index contributed by atoms with van der Waals surface area (Å²) >= 11 is 0. The molecule has 1 aromatic heterocycles. The molecule has 36 heavy (non-hydrogen) atoms. The summed E-state index contributed by atoms with van der Waals surface area (Å²) in [4.78, 5) is 20.8.